The first-order valence-electron chi connectivity index (χ1n) is 4.05. The lowest BCUT2D eigenvalue weighted by molar-refractivity contribution is -0.114. The molecule has 2 aliphatic carbocycles. The van der Waals surface area contributed by atoms with Crippen LogP contribution in [0.2, 0.25) is 0 Å². The van der Waals surface area contributed by atoms with Crippen molar-refractivity contribution in [1.29, 1.82) is 0 Å². The number of hydrogen-bond acceptors (Lipinski definition) is 1. The molecule has 10 heavy (non-hydrogen) atoms. The SMILES string of the molecule is O=C1/C=C\CC2CC2CC1. The summed E-state index contributed by atoms with van der Waals surface area (Å²) in [6, 6.07) is 0. The summed E-state index contributed by atoms with van der Waals surface area (Å²) < 4.78 is 0. The van der Waals surface area contributed by atoms with Crippen molar-refractivity contribution in [2.24, 2.45) is 11.8 Å². The molecule has 0 aromatic rings. The molecule has 1 fully saturated rings. The molecule has 2 atom stereocenters. The Morgan fingerprint density at radius 3 is 3.20 bits per heavy atom. The summed E-state index contributed by atoms with van der Waals surface area (Å²) in [7, 11) is 0. The number of ketones is 1. The molecule has 2 rings (SSSR count). The van der Waals surface area contributed by atoms with E-state index in [0.29, 0.717) is 5.78 Å². The highest BCUT2D eigenvalue weighted by molar-refractivity contribution is 5.89. The van der Waals surface area contributed by atoms with Crippen LogP contribution in [0.15, 0.2) is 12.2 Å². The van der Waals surface area contributed by atoms with E-state index in [9.17, 15) is 4.79 Å². The molecule has 1 heteroatoms. The van der Waals surface area contributed by atoms with Crippen LogP contribution in [0.25, 0.3) is 0 Å². The summed E-state index contributed by atoms with van der Waals surface area (Å²) in [4.78, 5) is 10.9. The third-order valence-electron chi connectivity index (χ3n) is 2.57. The fraction of sp³-hybridized carbons (Fsp3) is 0.667. The summed E-state index contributed by atoms with van der Waals surface area (Å²) in [6.45, 7) is 0. The van der Waals surface area contributed by atoms with Crippen molar-refractivity contribution in [1.82, 2.24) is 0 Å². The molecular formula is C9H12O. The van der Waals surface area contributed by atoms with E-state index in [-0.39, 0.29) is 0 Å². The lowest BCUT2D eigenvalue weighted by Gasteiger charge is -1.99. The van der Waals surface area contributed by atoms with Crippen molar-refractivity contribution >= 4 is 5.78 Å². The molecule has 0 aromatic carbocycles. The zero-order valence-electron chi connectivity index (χ0n) is 6.05. The second-order valence-electron chi connectivity index (χ2n) is 3.40. The lowest BCUT2D eigenvalue weighted by atomic mass is 10.1. The average Bonchev–Trinajstić information content (AvgIpc) is 2.59. The van der Waals surface area contributed by atoms with Gasteiger partial charge in [-0.15, -0.1) is 0 Å². The Labute approximate surface area is 61.1 Å². The highest BCUT2D eigenvalue weighted by Crippen LogP contribution is 2.45. The predicted molar refractivity (Wildman–Crippen MR) is 39.6 cm³/mol. The number of rotatable bonds is 0. The summed E-state index contributed by atoms with van der Waals surface area (Å²) in [5, 5.41) is 0. The van der Waals surface area contributed by atoms with Crippen LogP contribution >= 0.6 is 0 Å². The Morgan fingerprint density at radius 1 is 1.40 bits per heavy atom. The van der Waals surface area contributed by atoms with E-state index in [4.69, 9.17) is 0 Å². The number of hydrogen-bond donors (Lipinski definition) is 0. The molecule has 0 spiro atoms. The van der Waals surface area contributed by atoms with E-state index < -0.39 is 0 Å². The molecule has 0 aromatic heterocycles. The zero-order valence-corrected chi connectivity index (χ0v) is 6.05. The van der Waals surface area contributed by atoms with Crippen molar-refractivity contribution in [3.8, 4) is 0 Å². The molecule has 54 valence electrons. The molecule has 1 saturated carbocycles. The maximum Gasteiger partial charge on any atom is 0.155 e. The number of carbonyl (C=O) groups excluding carboxylic acids is 1. The van der Waals surface area contributed by atoms with Gasteiger partial charge in [0.25, 0.3) is 0 Å². The Balaban J connectivity index is 2.02. The lowest BCUT2D eigenvalue weighted by Crippen LogP contribution is -1.96. The first-order valence-corrected chi connectivity index (χ1v) is 4.05. The highest BCUT2D eigenvalue weighted by atomic mass is 16.1. The Hall–Kier alpha value is -0.590. The van der Waals surface area contributed by atoms with Gasteiger partial charge in [0.15, 0.2) is 5.78 Å². The van der Waals surface area contributed by atoms with Crippen LogP contribution in [-0.4, -0.2) is 5.78 Å². The number of carbonyl (C=O) groups is 1. The van der Waals surface area contributed by atoms with E-state index >= 15 is 0 Å². The minimum atomic E-state index is 0.324. The summed E-state index contributed by atoms with van der Waals surface area (Å²) in [5.41, 5.74) is 0. The van der Waals surface area contributed by atoms with Crippen LogP contribution in [-0.2, 0) is 4.79 Å². The smallest absolute Gasteiger partial charge is 0.155 e. The third-order valence-corrected chi connectivity index (χ3v) is 2.57. The van der Waals surface area contributed by atoms with Gasteiger partial charge in [-0.05, 0) is 37.2 Å². The van der Waals surface area contributed by atoms with Crippen molar-refractivity contribution in [2.45, 2.75) is 25.7 Å². The maximum atomic E-state index is 10.9. The third kappa shape index (κ3) is 1.13. The van der Waals surface area contributed by atoms with Gasteiger partial charge in [0.2, 0.25) is 0 Å². The molecule has 0 bridgehead atoms. The van der Waals surface area contributed by atoms with Gasteiger partial charge < -0.3 is 0 Å². The van der Waals surface area contributed by atoms with Crippen molar-refractivity contribution in [2.75, 3.05) is 0 Å². The van der Waals surface area contributed by atoms with Gasteiger partial charge in [0.05, 0.1) is 0 Å². The van der Waals surface area contributed by atoms with Crippen LogP contribution in [0.5, 0.6) is 0 Å². The number of allylic oxidation sites excluding steroid dienone is 2. The first-order chi connectivity index (χ1) is 4.86. The van der Waals surface area contributed by atoms with E-state index in [1.54, 1.807) is 6.08 Å². The summed E-state index contributed by atoms with van der Waals surface area (Å²) >= 11 is 0. The fourth-order valence-electron chi connectivity index (χ4n) is 1.74. The fourth-order valence-corrected chi connectivity index (χ4v) is 1.74. The molecule has 1 nitrogen and oxygen atoms in total. The van der Waals surface area contributed by atoms with E-state index in [0.717, 1.165) is 31.1 Å². The molecule has 2 unspecified atom stereocenters. The van der Waals surface area contributed by atoms with E-state index in [1.165, 1.54) is 6.42 Å². The predicted octanol–water partition coefficient (Wildman–Crippen LogP) is 1.93. The molecular weight excluding hydrogens is 124 g/mol. The van der Waals surface area contributed by atoms with Crippen LogP contribution < -0.4 is 0 Å². The topological polar surface area (TPSA) is 17.1 Å². The quantitative estimate of drug-likeness (QED) is 0.497. The van der Waals surface area contributed by atoms with Gasteiger partial charge >= 0.3 is 0 Å². The highest BCUT2D eigenvalue weighted by Gasteiger charge is 2.36. The molecule has 0 saturated heterocycles. The summed E-state index contributed by atoms with van der Waals surface area (Å²) in [6.07, 6.45) is 8.26. The van der Waals surface area contributed by atoms with Crippen LogP contribution in [0, 0.1) is 11.8 Å². The minimum absolute atomic E-state index is 0.324. The normalized spacial score (nSPS) is 41.4. The van der Waals surface area contributed by atoms with E-state index in [2.05, 4.69) is 0 Å². The Morgan fingerprint density at radius 2 is 2.30 bits per heavy atom. The molecule has 0 radical (unpaired) electrons. The molecule has 0 amide bonds. The Bertz CT molecular complexity index is 181. The Kier molecular flexibility index (Phi) is 1.37. The second kappa shape index (κ2) is 2.22. The first kappa shape index (κ1) is 6.14. The molecule has 0 N–H and O–H groups in total. The summed E-state index contributed by atoms with van der Waals surface area (Å²) in [5.74, 6) is 2.16. The van der Waals surface area contributed by atoms with Crippen molar-refractivity contribution in [3.63, 3.8) is 0 Å². The average molecular weight is 136 g/mol. The molecule has 0 aliphatic heterocycles. The van der Waals surface area contributed by atoms with Crippen LogP contribution in [0.4, 0.5) is 0 Å². The largest absolute Gasteiger partial charge is 0.295 e. The second-order valence-corrected chi connectivity index (χ2v) is 3.40. The van der Waals surface area contributed by atoms with Gasteiger partial charge in [-0.25, -0.2) is 0 Å². The van der Waals surface area contributed by atoms with Gasteiger partial charge in [-0.2, -0.15) is 0 Å². The van der Waals surface area contributed by atoms with Gasteiger partial charge in [0, 0.05) is 6.42 Å². The minimum Gasteiger partial charge on any atom is -0.295 e. The number of fused-ring (bicyclic) bond motifs is 1. The van der Waals surface area contributed by atoms with Gasteiger partial charge in [-0.3, -0.25) is 4.79 Å². The van der Waals surface area contributed by atoms with Crippen LogP contribution in [0.1, 0.15) is 25.7 Å². The van der Waals surface area contributed by atoms with E-state index in [1.807, 2.05) is 6.08 Å². The van der Waals surface area contributed by atoms with Crippen LogP contribution in [0.3, 0.4) is 0 Å². The van der Waals surface area contributed by atoms with Crippen molar-refractivity contribution < 1.29 is 4.79 Å². The van der Waals surface area contributed by atoms with Crippen molar-refractivity contribution in [3.05, 3.63) is 12.2 Å². The monoisotopic (exact) mass is 136 g/mol. The molecule has 0 heterocycles. The maximum absolute atomic E-state index is 10.9. The standard InChI is InChI=1S/C9H12O/c10-9-3-1-2-7-6-8(7)4-5-9/h1,3,7-8H,2,4-6H2/b3-1-. The van der Waals surface area contributed by atoms with Gasteiger partial charge in [0.1, 0.15) is 0 Å². The zero-order chi connectivity index (χ0) is 6.97. The van der Waals surface area contributed by atoms with Gasteiger partial charge in [-0.1, -0.05) is 6.08 Å². The molecule has 2 aliphatic rings.